The van der Waals surface area contributed by atoms with E-state index < -0.39 is 11.6 Å². The molecule has 5 nitrogen and oxygen atoms in total. The lowest BCUT2D eigenvalue weighted by Crippen LogP contribution is -2.53. The minimum Gasteiger partial charge on any atom is -0.342 e. The van der Waals surface area contributed by atoms with Gasteiger partial charge in [0, 0.05) is 31.9 Å². The molecule has 1 heterocycles. The molecular weight excluding hydrogens is 508 g/mol. The highest BCUT2D eigenvalue weighted by Crippen LogP contribution is 2.21. The fourth-order valence-electron chi connectivity index (χ4n) is 3.86. The molecule has 0 unspecified atom stereocenters. The molecule has 3 aromatic carbocycles. The third-order valence-electron chi connectivity index (χ3n) is 5.77. The number of benzene rings is 3. The molecule has 1 amide bonds. The van der Waals surface area contributed by atoms with Crippen molar-refractivity contribution < 1.29 is 22.4 Å². The van der Waals surface area contributed by atoms with Crippen LogP contribution in [0, 0.1) is 23.3 Å². The van der Waals surface area contributed by atoms with Crippen molar-refractivity contribution in [2.45, 2.75) is 26.7 Å². The van der Waals surface area contributed by atoms with Gasteiger partial charge in [0.15, 0.2) is 11.6 Å². The molecule has 39 heavy (non-hydrogen) atoms. The second kappa shape index (κ2) is 14.1. The monoisotopic (exact) mass is 540 g/mol. The van der Waals surface area contributed by atoms with Gasteiger partial charge in [-0.1, -0.05) is 44.5 Å². The van der Waals surface area contributed by atoms with Crippen LogP contribution >= 0.6 is 0 Å². The van der Waals surface area contributed by atoms with E-state index in [2.05, 4.69) is 24.2 Å². The zero-order valence-corrected chi connectivity index (χ0v) is 22.2. The predicted octanol–water partition coefficient (Wildman–Crippen LogP) is 6.49. The Morgan fingerprint density at radius 2 is 1.51 bits per heavy atom. The molecule has 0 radical (unpaired) electrons. The Labute approximate surface area is 226 Å². The predicted molar refractivity (Wildman–Crippen MR) is 147 cm³/mol. The van der Waals surface area contributed by atoms with E-state index in [0.29, 0.717) is 41.6 Å². The van der Waals surface area contributed by atoms with Gasteiger partial charge in [0.05, 0.1) is 13.0 Å². The minimum atomic E-state index is -0.998. The highest BCUT2D eigenvalue weighted by molar-refractivity contribution is 5.92. The number of carbonyl (C=O) groups excluding carboxylic acids is 1. The normalized spacial score (nSPS) is 14.6. The van der Waals surface area contributed by atoms with Crippen LogP contribution in [0.5, 0.6) is 0 Å². The van der Waals surface area contributed by atoms with Gasteiger partial charge in [-0.05, 0) is 53.6 Å². The summed E-state index contributed by atoms with van der Waals surface area (Å²) in [6.07, 6.45) is 3.12. The van der Waals surface area contributed by atoms with E-state index in [-0.39, 0.29) is 30.5 Å². The summed E-state index contributed by atoms with van der Waals surface area (Å²) >= 11 is 0. The molecule has 9 heteroatoms. The van der Waals surface area contributed by atoms with Crippen LogP contribution in [0.3, 0.4) is 0 Å². The Morgan fingerprint density at radius 3 is 2.10 bits per heavy atom. The molecule has 1 aliphatic rings. The number of piperazine rings is 1. The third-order valence-corrected chi connectivity index (χ3v) is 5.77. The van der Waals surface area contributed by atoms with E-state index in [1.165, 1.54) is 36.8 Å². The van der Waals surface area contributed by atoms with Gasteiger partial charge >= 0.3 is 0 Å². The molecule has 1 fully saturated rings. The molecule has 4 rings (SSSR count). The SMILES string of the molecule is CCC.CN=C1CN(C(=O)Cc2ccc(F)cc2)CCN1/C(=C/c1ccc(F)cc1)Nc1ccc(F)c(F)c1. The van der Waals surface area contributed by atoms with E-state index in [1.807, 2.05) is 4.90 Å². The number of hydrogen-bond donors (Lipinski definition) is 1. The first-order valence-corrected chi connectivity index (χ1v) is 12.7. The zero-order chi connectivity index (χ0) is 28.4. The Balaban J connectivity index is 0.00000134. The topological polar surface area (TPSA) is 47.9 Å². The average molecular weight is 541 g/mol. The molecular formula is C30H32F4N4O. The van der Waals surface area contributed by atoms with Gasteiger partial charge in [0.1, 0.15) is 23.3 Å². The highest BCUT2D eigenvalue weighted by Gasteiger charge is 2.28. The highest BCUT2D eigenvalue weighted by atomic mass is 19.2. The molecule has 0 spiro atoms. The minimum absolute atomic E-state index is 0.125. The van der Waals surface area contributed by atoms with Crippen molar-refractivity contribution in [3.8, 4) is 0 Å². The average Bonchev–Trinajstić information content (AvgIpc) is 2.93. The maximum absolute atomic E-state index is 13.8. The summed E-state index contributed by atoms with van der Waals surface area (Å²) in [6.45, 7) is 5.21. The quantitative estimate of drug-likeness (QED) is 0.364. The van der Waals surface area contributed by atoms with Crippen molar-refractivity contribution in [3.05, 3.63) is 107 Å². The maximum atomic E-state index is 13.8. The second-order valence-corrected chi connectivity index (χ2v) is 8.95. The summed E-state index contributed by atoms with van der Waals surface area (Å²) in [5.41, 5.74) is 1.69. The van der Waals surface area contributed by atoms with Gasteiger partial charge in [0.2, 0.25) is 5.91 Å². The largest absolute Gasteiger partial charge is 0.342 e. The molecule has 1 aliphatic heterocycles. The fourth-order valence-corrected chi connectivity index (χ4v) is 3.86. The number of rotatable bonds is 6. The van der Waals surface area contributed by atoms with E-state index in [9.17, 15) is 22.4 Å². The number of amidine groups is 1. The lowest BCUT2D eigenvalue weighted by Gasteiger charge is -2.38. The number of nitrogens with one attached hydrogen (secondary N) is 1. The Kier molecular flexibility index (Phi) is 10.7. The van der Waals surface area contributed by atoms with Gasteiger partial charge in [-0.15, -0.1) is 0 Å². The summed E-state index contributed by atoms with van der Waals surface area (Å²) in [4.78, 5) is 20.7. The van der Waals surface area contributed by atoms with Crippen molar-refractivity contribution in [3.63, 3.8) is 0 Å². The lowest BCUT2D eigenvalue weighted by molar-refractivity contribution is -0.130. The molecule has 0 aliphatic carbocycles. The van der Waals surface area contributed by atoms with E-state index in [0.717, 1.165) is 12.1 Å². The van der Waals surface area contributed by atoms with Crippen LogP contribution in [0.25, 0.3) is 6.08 Å². The zero-order valence-electron chi connectivity index (χ0n) is 22.2. The summed E-state index contributed by atoms with van der Waals surface area (Å²) in [5.74, 6) is -1.77. The maximum Gasteiger partial charge on any atom is 0.227 e. The summed E-state index contributed by atoms with van der Waals surface area (Å²) in [6, 6.07) is 15.1. The molecule has 0 aromatic heterocycles. The molecule has 0 atom stereocenters. The Morgan fingerprint density at radius 1 is 0.897 bits per heavy atom. The standard InChI is InChI=1S/C27H24F4N4O.C3H8/c1-32-26-17-34(27(36)15-19-4-8-21(29)9-5-19)12-13-35(26)25(14-18-2-6-20(28)7-3-18)33-22-10-11-23(30)24(31)16-22;1-3-2/h2-11,14,16,33H,12-13,15,17H2,1H3;3H2,1-2H3/b25-14+,32-26?;. The molecule has 0 saturated carbocycles. The van der Waals surface area contributed by atoms with E-state index >= 15 is 0 Å². The number of hydrogen-bond acceptors (Lipinski definition) is 3. The van der Waals surface area contributed by atoms with Crippen molar-refractivity contribution in [1.29, 1.82) is 0 Å². The van der Waals surface area contributed by atoms with Crippen LogP contribution in [0.2, 0.25) is 0 Å². The van der Waals surface area contributed by atoms with Crippen LogP contribution in [0.4, 0.5) is 23.2 Å². The van der Waals surface area contributed by atoms with Crippen LogP contribution < -0.4 is 5.32 Å². The van der Waals surface area contributed by atoms with Crippen LogP contribution in [0.1, 0.15) is 31.4 Å². The molecule has 0 bridgehead atoms. The van der Waals surface area contributed by atoms with Crippen molar-refractivity contribution in [2.24, 2.45) is 4.99 Å². The molecule has 3 aromatic rings. The number of amides is 1. The molecule has 1 N–H and O–H groups in total. The van der Waals surface area contributed by atoms with E-state index in [4.69, 9.17) is 0 Å². The summed E-state index contributed by atoms with van der Waals surface area (Å²) in [5, 5.41) is 3.10. The van der Waals surface area contributed by atoms with Crippen LogP contribution in [0.15, 0.2) is 77.5 Å². The molecule has 1 saturated heterocycles. The Bertz CT molecular complexity index is 1310. The van der Waals surface area contributed by atoms with Crippen molar-refractivity contribution >= 4 is 23.5 Å². The van der Waals surface area contributed by atoms with Crippen LogP contribution in [-0.4, -0.2) is 48.2 Å². The van der Waals surface area contributed by atoms with E-state index in [1.54, 1.807) is 42.3 Å². The molecule has 206 valence electrons. The fraction of sp³-hybridized carbons (Fsp3) is 0.267. The number of carbonyl (C=O) groups is 1. The first kappa shape index (κ1) is 29.4. The summed E-state index contributed by atoms with van der Waals surface area (Å²) < 4.78 is 53.9. The summed E-state index contributed by atoms with van der Waals surface area (Å²) in [7, 11) is 1.60. The number of anilines is 1. The first-order chi connectivity index (χ1) is 18.7. The first-order valence-electron chi connectivity index (χ1n) is 12.7. The van der Waals surface area contributed by atoms with Crippen molar-refractivity contribution in [2.75, 3.05) is 32.0 Å². The third kappa shape index (κ3) is 8.43. The Hall–Kier alpha value is -4.14. The van der Waals surface area contributed by atoms with Gasteiger partial charge in [-0.2, -0.15) is 0 Å². The lowest BCUT2D eigenvalue weighted by atomic mass is 10.1. The van der Waals surface area contributed by atoms with Gasteiger partial charge in [-0.25, -0.2) is 17.6 Å². The smallest absolute Gasteiger partial charge is 0.227 e. The number of aliphatic imine (C=N–C) groups is 1. The van der Waals surface area contributed by atoms with Gasteiger partial charge in [0.25, 0.3) is 0 Å². The number of nitrogens with zero attached hydrogens (tertiary/aromatic N) is 3. The van der Waals surface area contributed by atoms with Crippen LogP contribution in [-0.2, 0) is 11.2 Å². The van der Waals surface area contributed by atoms with Gasteiger partial charge < -0.3 is 15.1 Å². The number of halogens is 4. The second-order valence-electron chi connectivity index (χ2n) is 8.95. The van der Waals surface area contributed by atoms with Crippen molar-refractivity contribution in [1.82, 2.24) is 9.80 Å². The van der Waals surface area contributed by atoms with Gasteiger partial charge in [-0.3, -0.25) is 9.79 Å².